The molecule has 3 N–H and O–H groups in total. The van der Waals surface area contributed by atoms with Crippen LogP contribution in [0.15, 0.2) is 29.2 Å². The Labute approximate surface area is 102 Å². The van der Waals surface area contributed by atoms with Gasteiger partial charge in [0.1, 0.15) is 6.54 Å². The molecule has 0 heterocycles. The summed E-state index contributed by atoms with van der Waals surface area (Å²) in [7, 11) is -3.28. The third-order valence-electron chi connectivity index (χ3n) is 2.13. The molecule has 0 bridgehead atoms. The summed E-state index contributed by atoms with van der Waals surface area (Å²) in [6.07, 6.45) is -4.58. The van der Waals surface area contributed by atoms with Crippen molar-refractivity contribution >= 4 is 15.7 Å². The smallest absolute Gasteiger partial charge is 0.324 e. The first kappa shape index (κ1) is 14.7. The molecule has 5 nitrogen and oxygen atoms in total. The molecule has 0 aliphatic rings. The summed E-state index contributed by atoms with van der Waals surface area (Å²) in [5.41, 5.74) is 2.74. The van der Waals surface area contributed by atoms with E-state index in [1.165, 1.54) is 24.3 Å². The molecule has 0 aromatic heterocycles. The fraction of sp³-hybridized carbons (Fsp3) is 0.333. The van der Waals surface area contributed by atoms with Crippen LogP contribution >= 0.6 is 0 Å². The van der Waals surface area contributed by atoms with E-state index in [1.807, 2.05) is 0 Å². The average molecular weight is 283 g/mol. The Balaban J connectivity index is 2.98. The van der Waals surface area contributed by atoms with E-state index in [2.05, 4.69) is 5.43 Å². The number of alkyl halides is 3. The lowest BCUT2D eigenvalue weighted by atomic mass is 10.3. The SMILES string of the molecule is CN(CC(F)(F)F)S(=O)(=O)c1ccc(NN)cc1. The number of nitrogens with one attached hydrogen (secondary N) is 1. The standard InChI is InChI=1S/C9H12F3N3O2S/c1-15(6-9(10,11)12)18(16,17)8-4-2-7(14-13)3-5-8/h2-5,14H,6,13H2,1H3. The van der Waals surface area contributed by atoms with Crippen molar-refractivity contribution < 1.29 is 21.6 Å². The van der Waals surface area contributed by atoms with E-state index in [0.29, 0.717) is 5.69 Å². The van der Waals surface area contributed by atoms with E-state index in [1.54, 1.807) is 0 Å². The maximum Gasteiger partial charge on any atom is 0.402 e. The molecule has 0 spiro atoms. The number of hydrogen-bond donors (Lipinski definition) is 2. The summed E-state index contributed by atoms with van der Waals surface area (Å²) in [5, 5.41) is 0. The fourth-order valence-electron chi connectivity index (χ4n) is 1.24. The van der Waals surface area contributed by atoms with Crippen LogP contribution in [0.2, 0.25) is 0 Å². The predicted octanol–water partition coefficient (Wildman–Crippen LogP) is 1.16. The van der Waals surface area contributed by atoms with Crippen molar-refractivity contribution in [2.75, 3.05) is 19.0 Å². The van der Waals surface area contributed by atoms with Gasteiger partial charge in [-0.3, -0.25) is 5.84 Å². The van der Waals surface area contributed by atoms with Crippen molar-refractivity contribution in [1.29, 1.82) is 0 Å². The van der Waals surface area contributed by atoms with Crippen LogP contribution in [0.1, 0.15) is 0 Å². The number of hydrogen-bond acceptors (Lipinski definition) is 4. The Kier molecular flexibility index (Phi) is 4.20. The van der Waals surface area contributed by atoms with Crippen molar-refractivity contribution in [2.45, 2.75) is 11.1 Å². The molecule has 0 aliphatic heterocycles. The van der Waals surface area contributed by atoms with Crippen molar-refractivity contribution in [3.8, 4) is 0 Å². The van der Waals surface area contributed by atoms with Crippen molar-refractivity contribution in [1.82, 2.24) is 4.31 Å². The fourth-order valence-corrected chi connectivity index (χ4v) is 2.40. The average Bonchev–Trinajstić information content (AvgIpc) is 2.27. The Morgan fingerprint density at radius 3 is 2.17 bits per heavy atom. The maximum absolute atomic E-state index is 12.1. The normalized spacial score (nSPS) is 12.8. The van der Waals surface area contributed by atoms with Crippen LogP contribution in [0, 0.1) is 0 Å². The minimum absolute atomic E-state index is 0.228. The van der Waals surface area contributed by atoms with Gasteiger partial charge in [0.2, 0.25) is 10.0 Å². The van der Waals surface area contributed by atoms with Crippen LogP contribution in [-0.2, 0) is 10.0 Å². The van der Waals surface area contributed by atoms with Gasteiger partial charge >= 0.3 is 6.18 Å². The Bertz CT molecular complexity index is 499. The lowest BCUT2D eigenvalue weighted by Crippen LogP contribution is -2.35. The summed E-state index contributed by atoms with van der Waals surface area (Å²) < 4.78 is 60.2. The minimum atomic E-state index is -4.58. The number of rotatable bonds is 4. The van der Waals surface area contributed by atoms with Crippen LogP contribution in [0.5, 0.6) is 0 Å². The Morgan fingerprint density at radius 1 is 1.28 bits per heavy atom. The molecule has 0 aliphatic carbocycles. The van der Waals surface area contributed by atoms with Gasteiger partial charge in [0.15, 0.2) is 0 Å². The summed E-state index contributed by atoms with van der Waals surface area (Å²) >= 11 is 0. The zero-order valence-electron chi connectivity index (χ0n) is 9.40. The van der Waals surface area contributed by atoms with Gasteiger partial charge in [0.25, 0.3) is 0 Å². The molecule has 0 saturated carbocycles. The zero-order chi connectivity index (χ0) is 14.0. The molecule has 0 atom stereocenters. The minimum Gasteiger partial charge on any atom is -0.324 e. The van der Waals surface area contributed by atoms with Gasteiger partial charge in [0, 0.05) is 12.7 Å². The molecule has 1 aromatic carbocycles. The Morgan fingerprint density at radius 2 is 1.78 bits per heavy atom. The van der Waals surface area contributed by atoms with E-state index >= 15 is 0 Å². The van der Waals surface area contributed by atoms with Crippen LogP contribution < -0.4 is 11.3 Å². The second-order valence-corrected chi connectivity index (χ2v) is 5.59. The Hall–Kier alpha value is -1.32. The third-order valence-corrected chi connectivity index (χ3v) is 3.95. The quantitative estimate of drug-likeness (QED) is 0.642. The van der Waals surface area contributed by atoms with Gasteiger partial charge in [-0.1, -0.05) is 0 Å². The van der Waals surface area contributed by atoms with Crippen molar-refractivity contribution in [3.63, 3.8) is 0 Å². The van der Waals surface area contributed by atoms with Gasteiger partial charge < -0.3 is 5.43 Å². The van der Waals surface area contributed by atoms with Crippen molar-refractivity contribution in [3.05, 3.63) is 24.3 Å². The number of nitrogens with zero attached hydrogens (tertiary/aromatic N) is 1. The van der Waals surface area contributed by atoms with Gasteiger partial charge in [0.05, 0.1) is 4.90 Å². The highest BCUT2D eigenvalue weighted by atomic mass is 32.2. The molecule has 9 heteroatoms. The lowest BCUT2D eigenvalue weighted by Gasteiger charge is -2.18. The highest BCUT2D eigenvalue weighted by Gasteiger charge is 2.34. The first-order valence-electron chi connectivity index (χ1n) is 4.76. The number of hydrazine groups is 1. The van der Waals surface area contributed by atoms with Crippen LogP contribution in [0.25, 0.3) is 0 Å². The van der Waals surface area contributed by atoms with Gasteiger partial charge in [-0.15, -0.1) is 0 Å². The molecule has 0 amide bonds. The molecular formula is C9H12F3N3O2S. The molecule has 1 aromatic rings. The maximum atomic E-state index is 12.1. The molecule has 0 fully saturated rings. The second kappa shape index (κ2) is 5.12. The number of anilines is 1. The van der Waals surface area contributed by atoms with Gasteiger partial charge in [-0.25, -0.2) is 8.42 Å². The summed E-state index contributed by atoms with van der Waals surface area (Å²) in [6, 6.07) is 5.07. The highest BCUT2D eigenvalue weighted by Crippen LogP contribution is 2.22. The molecule has 1 rings (SSSR count). The predicted molar refractivity (Wildman–Crippen MR) is 60.1 cm³/mol. The molecule has 0 saturated heterocycles. The topological polar surface area (TPSA) is 75.4 Å². The first-order valence-corrected chi connectivity index (χ1v) is 6.20. The van der Waals surface area contributed by atoms with E-state index in [9.17, 15) is 21.6 Å². The van der Waals surface area contributed by atoms with E-state index in [4.69, 9.17) is 5.84 Å². The highest BCUT2D eigenvalue weighted by molar-refractivity contribution is 7.89. The monoisotopic (exact) mass is 283 g/mol. The molecular weight excluding hydrogens is 271 g/mol. The molecule has 102 valence electrons. The summed E-state index contributed by atoms with van der Waals surface area (Å²) in [5.74, 6) is 5.09. The zero-order valence-corrected chi connectivity index (χ0v) is 10.2. The number of benzene rings is 1. The van der Waals surface area contributed by atoms with Crippen LogP contribution in [0.4, 0.5) is 18.9 Å². The lowest BCUT2D eigenvalue weighted by molar-refractivity contribution is -0.134. The van der Waals surface area contributed by atoms with Crippen LogP contribution in [0.3, 0.4) is 0 Å². The summed E-state index contributed by atoms with van der Waals surface area (Å²) in [4.78, 5) is -0.228. The molecule has 18 heavy (non-hydrogen) atoms. The van der Waals surface area contributed by atoms with E-state index in [-0.39, 0.29) is 9.20 Å². The summed E-state index contributed by atoms with van der Waals surface area (Å²) in [6.45, 7) is -1.54. The molecule has 0 radical (unpaired) electrons. The van der Waals surface area contributed by atoms with Crippen molar-refractivity contribution in [2.24, 2.45) is 5.84 Å². The third kappa shape index (κ3) is 3.59. The second-order valence-electron chi connectivity index (χ2n) is 3.54. The number of halogens is 3. The van der Waals surface area contributed by atoms with Crippen LogP contribution in [-0.4, -0.2) is 32.5 Å². The van der Waals surface area contributed by atoms with E-state index < -0.39 is 22.7 Å². The first-order chi connectivity index (χ1) is 8.16. The number of nitrogens with two attached hydrogens (primary N) is 1. The van der Waals surface area contributed by atoms with Gasteiger partial charge in [-0.2, -0.15) is 17.5 Å². The largest absolute Gasteiger partial charge is 0.402 e. The number of nitrogen functional groups attached to an aromatic ring is 1. The van der Waals surface area contributed by atoms with E-state index in [0.717, 1.165) is 7.05 Å². The number of sulfonamides is 1. The molecule has 0 unspecified atom stereocenters. The van der Waals surface area contributed by atoms with Gasteiger partial charge in [-0.05, 0) is 24.3 Å².